The van der Waals surface area contributed by atoms with Crippen LogP contribution in [0.2, 0.25) is 0 Å². The Morgan fingerprint density at radius 1 is 1.47 bits per heavy atom. The highest BCUT2D eigenvalue weighted by Crippen LogP contribution is 2.21. The van der Waals surface area contributed by atoms with Gasteiger partial charge in [0, 0.05) is 19.1 Å². The summed E-state index contributed by atoms with van der Waals surface area (Å²) < 4.78 is 0. The molecule has 0 amide bonds. The molecule has 0 aromatic heterocycles. The predicted molar refractivity (Wildman–Crippen MR) is 67.2 cm³/mol. The average Bonchev–Trinajstić information content (AvgIpc) is 2.21. The van der Waals surface area contributed by atoms with Crippen LogP contribution in [0.3, 0.4) is 0 Å². The molecule has 0 bridgehead atoms. The molecular weight excluding hydrogens is 184 g/mol. The second-order valence-electron chi connectivity index (χ2n) is 4.69. The van der Waals surface area contributed by atoms with Crippen LogP contribution in [0.25, 0.3) is 0 Å². The highest BCUT2D eigenvalue weighted by Gasteiger charge is 2.21. The van der Waals surface area contributed by atoms with Gasteiger partial charge >= 0.3 is 0 Å². The van der Waals surface area contributed by atoms with Crippen molar-refractivity contribution in [2.45, 2.75) is 45.1 Å². The highest BCUT2D eigenvalue weighted by atomic mass is 15.2. The third-order valence-electron chi connectivity index (χ3n) is 3.22. The third kappa shape index (κ3) is 4.35. The topological polar surface area (TPSA) is 15.3 Å². The van der Waals surface area contributed by atoms with Gasteiger partial charge in [-0.1, -0.05) is 26.3 Å². The molecule has 2 heteroatoms. The Morgan fingerprint density at radius 2 is 2.27 bits per heavy atom. The van der Waals surface area contributed by atoms with Gasteiger partial charge in [-0.25, -0.2) is 0 Å². The maximum absolute atomic E-state index is 4.13. The molecule has 15 heavy (non-hydrogen) atoms. The van der Waals surface area contributed by atoms with E-state index in [9.17, 15) is 0 Å². The molecule has 0 radical (unpaired) electrons. The van der Waals surface area contributed by atoms with E-state index < -0.39 is 0 Å². The molecule has 0 spiro atoms. The molecule has 1 N–H and O–H groups in total. The lowest BCUT2D eigenvalue weighted by Crippen LogP contribution is -2.41. The molecule has 1 unspecified atom stereocenters. The predicted octanol–water partition coefficient (Wildman–Crippen LogP) is 2.42. The van der Waals surface area contributed by atoms with Gasteiger partial charge in [0.15, 0.2) is 0 Å². The Balaban J connectivity index is 2.38. The molecule has 0 aromatic rings. The van der Waals surface area contributed by atoms with Crippen LogP contribution >= 0.6 is 0 Å². The number of hydrogen-bond acceptors (Lipinski definition) is 2. The van der Waals surface area contributed by atoms with E-state index in [0.29, 0.717) is 0 Å². The first kappa shape index (κ1) is 12.7. The summed E-state index contributed by atoms with van der Waals surface area (Å²) in [6, 6.07) is 0.817. The van der Waals surface area contributed by atoms with Crippen LogP contribution in [0.1, 0.15) is 39.0 Å². The van der Waals surface area contributed by atoms with Crippen molar-refractivity contribution >= 4 is 0 Å². The zero-order valence-corrected chi connectivity index (χ0v) is 10.4. The Morgan fingerprint density at radius 3 is 2.93 bits per heavy atom. The van der Waals surface area contributed by atoms with Gasteiger partial charge in [0.25, 0.3) is 0 Å². The van der Waals surface area contributed by atoms with E-state index in [2.05, 4.69) is 23.7 Å². The van der Waals surface area contributed by atoms with Crippen molar-refractivity contribution in [3.63, 3.8) is 0 Å². The summed E-state index contributed by atoms with van der Waals surface area (Å²) in [7, 11) is 1.99. The number of likely N-dealkylation sites (N-methyl/N-ethyl adjacent to an activating group) is 1. The van der Waals surface area contributed by atoms with Gasteiger partial charge in [-0.05, 0) is 38.4 Å². The summed E-state index contributed by atoms with van der Waals surface area (Å²) >= 11 is 0. The fourth-order valence-corrected chi connectivity index (χ4v) is 2.52. The Labute approximate surface area is 94.7 Å². The van der Waals surface area contributed by atoms with Crippen LogP contribution < -0.4 is 5.32 Å². The Hall–Kier alpha value is -0.340. The summed E-state index contributed by atoms with van der Waals surface area (Å²) in [4.78, 5) is 2.63. The first-order valence-corrected chi connectivity index (χ1v) is 6.33. The van der Waals surface area contributed by atoms with E-state index in [1.807, 2.05) is 7.05 Å². The Bertz CT molecular complexity index is 187. The normalized spacial score (nSPS) is 22.9. The molecule has 1 rings (SSSR count). The quantitative estimate of drug-likeness (QED) is 0.677. The molecule has 2 nitrogen and oxygen atoms in total. The monoisotopic (exact) mass is 210 g/mol. The molecule has 0 aliphatic carbocycles. The van der Waals surface area contributed by atoms with Crippen LogP contribution in [-0.4, -0.2) is 37.6 Å². The van der Waals surface area contributed by atoms with Gasteiger partial charge in [-0.2, -0.15) is 0 Å². The van der Waals surface area contributed by atoms with Gasteiger partial charge in [-0.3, -0.25) is 4.90 Å². The van der Waals surface area contributed by atoms with Crippen molar-refractivity contribution in [1.82, 2.24) is 10.2 Å². The number of piperidine rings is 1. The fraction of sp³-hybridized carbons (Fsp3) is 0.846. The molecule has 1 saturated heterocycles. The third-order valence-corrected chi connectivity index (χ3v) is 3.22. The number of likely N-dealkylation sites (tertiary alicyclic amines) is 1. The molecule has 1 aliphatic rings. The second-order valence-corrected chi connectivity index (χ2v) is 4.69. The van der Waals surface area contributed by atoms with Crippen molar-refractivity contribution in [1.29, 1.82) is 0 Å². The van der Waals surface area contributed by atoms with Crippen molar-refractivity contribution in [2.75, 3.05) is 26.7 Å². The zero-order chi connectivity index (χ0) is 11.1. The number of nitrogens with one attached hydrogen (secondary N) is 1. The van der Waals surface area contributed by atoms with Gasteiger partial charge in [0.05, 0.1) is 0 Å². The van der Waals surface area contributed by atoms with Crippen LogP contribution in [0.15, 0.2) is 12.2 Å². The number of nitrogens with zero attached hydrogens (tertiary/aromatic N) is 1. The van der Waals surface area contributed by atoms with E-state index in [-0.39, 0.29) is 0 Å². The SMILES string of the molecule is C=C(CNC)CN1CCCCC1CCC. The first-order chi connectivity index (χ1) is 7.27. The lowest BCUT2D eigenvalue weighted by molar-refractivity contribution is 0.151. The second kappa shape index (κ2) is 7.02. The van der Waals surface area contributed by atoms with E-state index >= 15 is 0 Å². The van der Waals surface area contributed by atoms with Gasteiger partial charge in [0.2, 0.25) is 0 Å². The molecule has 1 heterocycles. The summed E-state index contributed by atoms with van der Waals surface area (Å²) in [5, 5.41) is 3.18. The lowest BCUT2D eigenvalue weighted by Gasteiger charge is -2.36. The smallest absolute Gasteiger partial charge is 0.0205 e. The largest absolute Gasteiger partial charge is 0.316 e. The number of rotatable bonds is 6. The first-order valence-electron chi connectivity index (χ1n) is 6.33. The van der Waals surface area contributed by atoms with Crippen LogP contribution in [0.4, 0.5) is 0 Å². The molecular formula is C13H26N2. The average molecular weight is 210 g/mol. The van der Waals surface area contributed by atoms with Crippen molar-refractivity contribution in [3.8, 4) is 0 Å². The minimum atomic E-state index is 0.817. The summed E-state index contributed by atoms with van der Waals surface area (Å²) in [6.45, 7) is 9.73. The van der Waals surface area contributed by atoms with Crippen LogP contribution in [0.5, 0.6) is 0 Å². The molecule has 0 saturated carbocycles. The summed E-state index contributed by atoms with van der Waals surface area (Å²) in [5.74, 6) is 0. The minimum Gasteiger partial charge on any atom is -0.316 e. The van der Waals surface area contributed by atoms with Gasteiger partial charge in [0.1, 0.15) is 0 Å². The van der Waals surface area contributed by atoms with E-state index in [1.54, 1.807) is 0 Å². The molecule has 1 atom stereocenters. The van der Waals surface area contributed by atoms with Gasteiger partial charge in [-0.15, -0.1) is 0 Å². The maximum atomic E-state index is 4.13. The molecule has 88 valence electrons. The zero-order valence-electron chi connectivity index (χ0n) is 10.4. The maximum Gasteiger partial charge on any atom is 0.0205 e. The summed E-state index contributed by atoms with van der Waals surface area (Å²) in [5.41, 5.74) is 1.32. The molecule has 1 fully saturated rings. The molecule has 1 aliphatic heterocycles. The van der Waals surface area contributed by atoms with Crippen molar-refractivity contribution < 1.29 is 0 Å². The minimum absolute atomic E-state index is 0.817. The lowest BCUT2D eigenvalue weighted by atomic mass is 9.97. The van der Waals surface area contributed by atoms with Crippen LogP contribution in [-0.2, 0) is 0 Å². The van der Waals surface area contributed by atoms with Crippen LogP contribution in [0, 0.1) is 0 Å². The fourth-order valence-electron chi connectivity index (χ4n) is 2.52. The highest BCUT2D eigenvalue weighted by molar-refractivity contribution is 5.00. The Kier molecular flexibility index (Phi) is 5.96. The van der Waals surface area contributed by atoms with Crippen molar-refractivity contribution in [3.05, 3.63) is 12.2 Å². The number of hydrogen-bond donors (Lipinski definition) is 1. The van der Waals surface area contributed by atoms with Gasteiger partial charge < -0.3 is 5.32 Å². The van der Waals surface area contributed by atoms with Crippen molar-refractivity contribution in [2.24, 2.45) is 0 Å². The molecule has 0 aromatic carbocycles. The summed E-state index contributed by atoms with van der Waals surface area (Å²) in [6.07, 6.45) is 6.83. The van der Waals surface area contributed by atoms with E-state index in [1.165, 1.54) is 44.2 Å². The van der Waals surface area contributed by atoms with E-state index in [4.69, 9.17) is 0 Å². The van der Waals surface area contributed by atoms with E-state index in [0.717, 1.165) is 19.1 Å². The standard InChI is InChI=1S/C13H26N2/c1-4-7-13-8-5-6-9-15(13)11-12(2)10-14-3/h13-14H,2,4-11H2,1,3H3.